The third-order valence-corrected chi connectivity index (χ3v) is 1.73. The molecule has 0 aromatic heterocycles. The Morgan fingerprint density at radius 1 is 1.21 bits per heavy atom. The van der Waals surface area contributed by atoms with Crippen LogP contribution in [0.25, 0.3) is 0 Å². The monoisotopic (exact) mass is 193 g/mol. The normalized spacial score (nSPS) is 9.79. The van der Waals surface area contributed by atoms with Gasteiger partial charge in [-0.15, -0.1) is 0 Å². The van der Waals surface area contributed by atoms with Crippen LogP contribution >= 0.6 is 0 Å². The number of hydrogen-bond acceptors (Lipinski definition) is 2. The summed E-state index contributed by atoms with van der Waals surface area (Å²) in [7, 11) is 0. The Morgan fingerprint density at radius 2 is 1.79 bits per heavy atom. The van der Waals surface area contributed by atoms with Gasteiger partial charge in [0, 0.05) is 18.6 Å². The minimum absolute atomic E-state index is 0.0166. The molecule has 4 N–H and O–H groups in total. The molecule has 1 aromatic carbocycles. The molecule has 14 heavy (non-hydrogen) atoms. The van der Waals surface area contributed by atoms with Crippen LogP contribution in [0.15, 0.2) is 24.3 Å². The first-order valence-corrected chi connectivity index (χ1v) is 4.21. The Morgan fingerprint density at radius 3 is 2.29 bits per heavy atom. The van der Waals surface area contributed by atoms with E-state index < -0.39 is 0 Å². The van der Waals surface area contributed by atoms with Crippen molar-refractivity contribution in [3.05, 3.63) is 35.6 Å². The van der Waals surface area contributed by atoms with E-state index in [1.165, 1.54) is 12.1 Å². The van der Waals surface area contributed by atoms with Gasteiger partial charge in [-0.05, 0) is 17.7 Å². The standard InChI is InChI=1S/C10H12FN3/c11-8-3-1-7(2-4-8)5-9(12)6-10(13)14/h1-4,12H,5-6H2,(H3,13,14). The van der Waals surface area contributed by atoms with Crippen LogP contribution < -0.4 is 5.73 Å². The van der Waals surface area contributed by atoms with Crippen molar-refractivity contribution >= 4 is 11.5 Å². The van der Waals surface area contributed by atoms with Crippen molar-refractivity contribution in [3.8, 4) is 0 Å². The number of rotatable bonds is 4. The fraction of sp³-hybridized carbons (Fsp3) is 0.200. The van der Waals surface area contributed by atoms with Crippen LogP contribution in [0.2, 0.25) is 0 Å². The van der Waals surface area contributed by atoms with Crippen molar-refractivity contribution in [1.82, 2.24) is 0 Å². The van der Waals surface area contributed by atoms with Crippen LogP contribution in [-0.4, -0.2) is 11.5 Å². The van der Waals surface area contributed by atoms with E-state index in [0.717, 1.165) is 5.56 Å². The first-order chi connectivity index (χ1) is 6.58. The van der Waals surface area contributed by atoms with Gasteiger partial charge in [0.1, 0.15) is 5.82 Å². The van der Waals surface area contributed by atoms with Gasteiger partial charge in [0.15, 0.2) is 0 Å². The summed E-state index contributed by atoms with van der Waals surface area (Å²) in [6.07, 6.45) is 0.594. The lowest BCUT2D eigenvalue weighted by atomic mass is 10.1. The fourth-order valence-corrected chi connectivity index (χ4v) is 1.14. The van der Waals surface area contributed by atoms with E-state index in [1.54, 1.807) is 12.1 Å². The third kappa shape index (κ3) is 3.35. The molecule has 4 heteroatoms. The predicted octanol–water partition coefficient (Wildman–Crippen LogP) is 1.71. The molecule has 1 aromatic rings. The number of hydrogen-bond donors (Lipinski definition) is 3. The molecule has 0 radical (unpaired) electrons. The van der Waals surface area contributed by atoms with Crippen molar-refractivity contribution < 1.29 is 4.39 Å². The largest absolute Gasteiger partial charge is 0.387 e. The second kappa shape index (κ2) is 4.50. The topological polar surface area (TPSA) is 73.7 Å². The molecule has 0 heterocycles. The van der Waals surface area contributed by atoms with Crippen molar-refractivity contribution in [2.75, 3.05) is 0 Å². The third-order valence-electron chi connectivity index (χ3n) is 1.73. The highest BCUT2D eigenvalue weighted by Gasteiger charge is 2.01. The van der Waals surface area contributed by atoms with Gasteiger partial charge >= 0.3 is 0 Å². The molecule has 0 atom stereocenters. The number of nitrogens with one attached hydrogen (secondary N) is 2. The minimum Gasteiger partial charge on any atom is -0.387 e. The molecule has 0 aliphatic carbocycles. The van der Waals surface area contributed by atoms with Gasteiger partial charge in [-0.25, -0.2) is 4.39 Å². The van der Waals surface area contributed by atoms with E-state index >= 15 is 0 Å². The highest BCUT2D eigenvalue weighted by atomic mass is 19.1. The second-order valence-electron chi connectivity index (χ2n) is 3.11. The molecule has 0 saturated heterocycles. The number of nitrogens with two attached hydrogens (primary N) is 1. The summed E-state index contributed by atoms with van der Waals surface area (Å²) in [5.74, 6) is -0.302. The first-order valence-electron chi connectivity index (χ1n) is 4.21. The van der Waals surface area contributed by atoms with Crippen LogP contribution in [0.5, 0.6) is 0 Å². The zero-order chi connectivity index (χ0) is 10.6. The van der Waals surface area contributed by atoms with Crippen LogP contribution in [0.3, 0.4) is 0 Å². The van der Waals surface area contributed by atoms with Crippen LogP contribution in [-0.2, 0) is 6.42 Å². The molecular weight excluding hydrogens is 181 g/mol. The number of benzene rings is 1. The fourth-order valence-electron chi connectivity index (χ4n) is 1.14. The Bertz CT molecular complexity index is 343. The van der Waals surface area contributed by atoms with Gasteiger partial charge in [0.25, 0.3) is 0 Å². The summed E-state index contributed by atoms with van der Waals surface area (Å²) in [5.41, 5.74) is 6.38. The summed E-state index contributed by atoms with van der Waals surface area (Å²) in [6, 6.07) is 5.97. The molecule has 0 spiro atoms. The Labute approximate surface area is 81.8 Å². The average molecular weight is 193 g/mol. The van der Waals surface area contributed by atoms with Crippen LogP contribution in [0.4, 0.5) is 4.39 Å². The quantitative estimate of drug-likeness (QED) is 0.494. The summed E-state index contributed by atoms with van der Waals surface area (Å²) in [4.78, 5) is 0. The minimum atomic E-state index is -0.285. The summed E-state index contributed by atoms with van der Waals surface area (Å²) >= 11 is 0. The lowest BCUT2D eigenvalue weighted by molar-refractivity contribution is 0.627. The van der Waals surface area contributed by atoms with Crippen molar-refractivity contribution in [2.45, 2.75) is 12.8 Å². The Kier molecular flexibility index (Phi) is 3.34. The lowest BCUT2D eigenvalue weighted by Gasteiger charge is -2.02. The van der Waals surface area contributed by atoms with E-state index in [1.807, 2.05) is 0 Å². The van der Waals surface area contributed by atoms with E-state index in [2.05, 4.69) is 0 Å². The molecule has 0 aliphatic heterocycles. The lowest BCUT2D eigenvalue weighted by Crippen LogP contribution is -2.16. The van der Waals surface area contributed by atoms with E-state index in [-0.39, 0.29) is 18.1 Å². The SMILES string of the molecule is N=C(N)CC(=N)Cc1ccc(F)cc1. The van der Waals surface area contributed by atoms with E-state index in [9.17, 15) is 4.39 Å². The summed E-state index contributed by atoms with van der Waals surface area (Å²) < 4.78 is 12.5. The molecule has 0 unspecified atom stereocenters. The smallest absolute Gasteiger partial charge is 0.123 e. The van der Waals surface area contributed by atoms with Gasteiger partial charge in [-0.2, -0.15) is 0 Å². The van der Waals surface area contributed by atoms with Crippen LogP contribution in [0.1, 0.15) is 12.0 Å². The second-order valence-corrected chi connectivity index (χ2v) is 3.11. The molecule has 0 fully saturated rings. The molecule has 0 bridgehead atoms. The summed E-state index contributed by atoms with van der Waals surface area (Å²) in [6.45, 7) is 0. The van der Waals surface area contributed by atoms with Crippen molar-refractivity contribution in [1.29, 1.82) is 10.8 Å². The van der Waals surface area contributed by atoms with Crippen molar-refractivity contribution in [2.24, 2.45) is 5.73 Å². The maximum absolute atomic E-state index is 12.5. The molecule has 1 rings (SSSR count). The van der Waals surface area contributed by atoms with Crippen molar-refractivity contribution in [3.63, 3.8) is 0 Å². The highest BCUT2D eigenvalue weighted by molar-refractivity contribution is 6.00. The number of halogens is 1. The van der Waals surface area contributed by atoms with Gasteiger partial charge in [-0.3, -0.25) is 5.41 Å². The molecular formula is C10H12FN3. The molecule has 3 nitrogen and oxygen atoms in total. The average Bonchev–Trinajstić information content (AvgIpc) is 2.07. The molecule has 0 amide bonds. The van der Waals surface area contributed by atoms with E-state index in [0.29, 0.717) is 12.1 Å². The van der Waals surface area contributed by atoms with Gasteiger partial charge in [-0.1, -0.05) is 12.1 Å². The molecule has 74 valence electrons. The maximum atomic E-state index is 12.5. The predicted molar refractivity (Wildman–Crippen MR) is 54.4 cm³/mol. The molecule has 0 aliphatic rings. The summed E-state index contributed by atoms with van der Waals surface area (Å²) in [5, 5.41) is 14.5. The van der Waals surface area contributed by atoms with Crippen LogP contribution in [0, 0.1) is 16.6 Å². The first kappa shape index (κ1) is 10.4. The van der Waals surface area contributed by atoms with Gasteiger partial charge in [0.2, 0.25) is 0 Å². The highest BCUT2D eigenvalue weighted by Crippen LogP contribution is 2.04. The van der Waals surface area contributed by atoms with Gasteiger partial charge < -0.3 is 11.1 Å². The Balaban J connectivity index is 2.56. The van der Waals surface area contributed by atoms with Gasteiger partial charge in [0.05, 0.1) is 5.84 Å². The Hall–Kier alpha value is -1.71. The zero-order valence-corrected chi connectivity index (χ0v) is 7.68. The zero-order valence-electron chi connectivity index (χ0n) is 7.68. The maximum Gasteiger partial charge on any atom is 0.123 e. The molecule has 0 saturated carbocycles. The van der Waals surface area contributed by atoms with E-state index in [4.69, 9.17) is 16.6 Å². The number of amidine groups is 1.